The highest BCUT2D eigenvalue weighted by Crippen LogP contribution is 2.60. The minimum Gasteiger partial charge on any atom is -0.494 e. The third kappa shape index (κ3) is 5.45. The molecule has 4 unspecified atom stereocenters. The third-order valence-corrected chi connectivity index (χ3v) is 8.79. The summed E-state index contributed by atoms with van der Waals surface area (Å²) in [6, 6.07) is 6.28. The normalized spacial score (nSPS) is 30.3. The fraction of sp³-hybridized carbons (Fsp3) is 0.679. The number of hydrogen-bond donors (Lipinski definition) is 3. The molecule has 1 aromatic carbocycles. The molecule has 3 amide bonds. The molecule has 0 saturated carbocycles. The van der Waals surface area contributed by atoms with Crippen LogP contribution in [0, 0.1) is 11.8 Å². The van der Waals surface area contributed by atoms with Crippen LogP contribution in [0.2, 0.25) is 0 Å². The van der Waals surface area contributed by atoms with E-state index in [0.29, 0.717) is 43.9 Å². The number of carbonyl (C=O) groups excluding carboxylic acids is 3. The van der Waals surface area contributed by atoms with Gasteiger partial charge in [-0.25, -0.2) is 0 Å². The molecule has 4 rings (SSSR count). The second kappa shape index (κ2) is 12.3. The van der Waals surface area contributed by atoms with E-state index in [-0.39, 0.29) is 35.2 Å². The number of amides is 3. The molecule has 0 radical (unpaired) electrons. The number of rotatable bonds is 13. The number of hydrogen-bond acceptors (Lipinski definition) is 6. The van der Waals surface area contributed by atoms with Crippen LogP contribution in [0.25, 0.3) is 0 Å². The number of aliphatic hydroxyl groups is 1. The Balaban J connectivity index is 1.60. The first-order valence-corrected chi connectivity index (χ1v) is 14.8. The molecule has 2 bridgehead atoms. The average molecular weight is 595 g/mol. The topological polar surface area (TPSA) is 117 Å². The van der Waals surface area contributed by atoms with Crippen molar-refractivity contribution in [2.45, 2.75) is 87.9 Å². The molecule has 3 aliphatic heterocycles. The first-order valence-electron chi connectivity index (χ1n) is 13.8. The van der Waals surface area contributed by atoms with Crippen LogP contribution in [-0.2, 0) is 19.1 Å². The standard InChI is InChI=1S/C28H40BrN3O6/c1-4-9-17(3)30-26(35)24-28-16-20(29)23(38-28)21(22(28)27(36)32(24)14-7-6-8-15-33)25(34)31-18-10-12-19(13-11-18)37-5-2/h10-13,17,20-24,33H,4-9,14-16H2,1-3H3,(H,30,35)(H,31,34)/t17?,20?,21-,22-,23-,24?,28?/m0/s1. The molecule has 3 aliphatic rings. The number of likely N-dealkylation sites (tertiary alicyclic amines) is 1. The summed E-state index contributed by atoms with van der Waals surface area (Å²) in [7, 11) is 0. The number of unbranched alkanes of at least 4 members (excludes halogenated alkanes) is 2. The highest BCUT2D eigenvalue weighted by molar-refractivity contribution is 9.09. The minimum absolute atomic E-state index is 0.0357. The van der Waals surface area contributed by atoms with Crippen molar-refractivity contribution in [3.05, 3.63) is 24.3 Å². The molecule has 3 heterocycles. The smallest absolute Gasteiger partial charge is 0.246 e. The van der Waals surface area contributed by atoms with E-state index in [1.54, 1.807) is 29.2 Å². The molecule has 7 atom stereocenters. The molecule has 3 N–H and O–H groups in total. The molecule has 210 valence electrons. The highest BCUT2D eigenvalue weighted by Gasteiger charge is 2.76. The molecule has 1 aromatic rings. The Hall–Kier alpha value is -2.17. The van der Waals surface area contributed by atoms with Crippen LogP contribution in [0.5, 0.6) is 5.75 Å². The van der Waals surface area contributed by atoms with Crippen molar-refractivity contribution in [3.63, 3.8) is 0 Å². The Morgan fingerprint density at radius 2 is 1.95 bits per heavy atom. The zero-order valence-corrected chi connectivity index (χ0v) is 24.0. The van der Waals surface area contributed by atoms with Gasteiger partial charge in [-0.15, -0.1) is 0 Å². The molecule has 38 heavy (non-hydrogen) atoms. The Morgan fingerprint density at radius 3 is 2.61 bits per heavy atom. The van der Waals surface area contributed by atoms with Gasteiger partial charge in [0.2, 0.25) is 17.7 Å². The van der Waals surface area contributed by atoms with Crippen LogP contribution < -0.4 is 15.4 Å². The molecule has 9 nitrogen and oxygen atoms in total. The zero-order chi connectivity index (χ0) is 27.4. The van der Waals surface area contributed by atoms with Crippen LogP contribution in [0.4, 0.5) is 5.69 Å². The van der Waals surface area contributed by atoms with Gasteiger partial charge in [-0.05, 0) is 70.2 Å². The number of aliphatic hydroxyl groups excluding tert-OH is 1. The summed E-state index contributed by atoms with van der Waals surface area (Å²) in [6.45, 7) is 6.95. The lowest BCUT2D eigenvalue weighted by Crippen LogP contribution is -2.57. The Morgan fingerprint density at radius 1 is 1.21 bits per heavy atom. The van der Waals surface area contributed by atoms with Crippen molar-refractivity contribution in [3.8, 4) is 5.75 Å². The number of anilines is 1. The van der Waals surface area contributed by atoms with E-state index in [9.17, 15) is 19.5 Å². The largest absolute Gasteiger partial charge is 0.494 e. The Labute approximate surface area is 233 Å². The fourth-order valence-electron chi connectivity index (χ4n) is 6.39. The number of nitrogens with one attached hydrogen (secondary N) is 2. The van der Waals surface area contributed by atoms with Gasteiger partial charge in [0, 0.05) is 29.7 Å². The van der Waals surface area contributed by atoms with Crippen molar-refractivity contribution in [1.29, 1.82) is 0 Å². The summed E-state index contributed by atoms with van der Waals surface area (Å²) in [6.07, 6.45) is 3.77. The molecule has 0 aromatic heterocycles. The highest BCUT2D eigenvalue weighted by atomic mass is 79.9. The van der Waals surface area contributed by atoms with Gasteiger partial charge >= 0.3 is 0 Å². The van der Waals surface area contributed by atoms with Gasteiger partial charge in [-0.3, -0.25) is 14.4 Å². The number of benzene rings is 1. The van der Waals surface area contributed by atoms with Gasteiger partial charge in [0.25, 0.3) is 0 Å². The number of nitrogens with zero attached hydrogens (tertiary/aromatic N) is 1. The number of halogens is 1. The summed E-state index contributed by atoms with van der Waals surface area (Å²) in [4.78, 5) is 42.8. The van der Waals surface area contributed by atoms with Crippen LogP contribution in [0.3, 0.4) is 0 Å². The minimum atomic E-state index is -1.07. The Kier molecular flexibility index (Phi) is 9.36. The second-order valence-corrected chi connectivity index (χ2v) is 11.8. The monoisotopic (exact) mass is 593 g/mol. The summed E-state index contributed by atoms with van der Waals surface area (Å²) in [5, 5.41) is 15.2. The maximum absolute atomic E-state index is 14.0. The maximum Gasteiger partial charge on any atom is 0.246 e. The first-order chi connectivity index (χ1) is 18.3. The molecule has 0 aliphatic carbocycles. The molecule has 10 heteroatoms. The van der Waals surface area contributed by atoms with Gasteiger partial charge in [-0.2, -0.15) is 0 Å². The summed E-state index contributed by atoms with van der Waals surface area (Å²) in [5.41, 5.74) is -0.459. The Bertz CT molecular complexity index is 1010. The van der Waals surface area contributed by atoms with Gasteiger partial charge in [-0.1, -0.05) is 29.3 Å². The van der Waals surface area contributed by atoms with E-state index in [4.69, 9.17) is 9.47 Å². The van der Waals surface area contributed by atoms with Crippen molar-refractivity contribution in [2.75, 3.05) is 25.1 Å². The van der Waals surface area contributed by atoms with Gasteiger partial charge in [0.15, 0.2) is 0 Å². The maximum atomic E-state index is 14.0. The SMILES string of the molecule is CCCC(C)NC(=O)C1N(CCCCCO)C(=O)[C@@H]2[C@H](C(=O)Nc3ccc(OCC)cc3)[C@H]3OC12CC3Br. The average Bonchev–Trinajstić information content (AvgIpc) is 3.46. The molecular formula is C28H40BrN3O6. The lowest BCUT2D eigenvalue weighted by molar-refractivity contribution is -0.141. The molecule has 3 fully saturated rings. The van der Waals surface area contributed by atoms with Gasteiger partial charge in [0.1, 0.15) is 17.4 Å². The third-order valence-electron chi connectivity index (χ3n) is 7.94. The lowest BCUT2D eigenvalue weighted by Gasteiger charge is -2.34. The number of carbonyl (C=O) groups is 3. The van der Waals surface area contributed by atoms with E-state index in [2.05, 4.69) is 33.5 Å². The molecule has 1 spiro atoms. The molecule has 3 saturated heterocycles. The van der Waals surface area contributed by atoms with Gasteiger partial charge < -0.3 is 30.1 Å². The zero-order valence-electron chi connectivity index (χ0n) is 22.5. The predicted octanol–water partition coefficient (Wildman–Crippen LogP) is 3.24. The van der Waals surface area contributed by atoms with Crippen molar-refractivity contribution in [1.82, 2.24) is 10.2 Å². The summed E-state index contributed by atoms with van der Waals surface area (Å²) in [5.74, 6) is -1.47. The molecular weight excluding hydrogens is 554 g/mol. The fourth-order valence-corrected chi connectivity index (χ4v) is 7.34. The van der Waals surface area contributed by atoms with Gasteiger partial charge in [0.05, 0.1) is 24.5 Å². The summed E-state index contributed by atoms with van der Waals surface area (Å²) >= 11 is 3.70. The van der Waals surface area contributed by atoms with E-state index >= 15 is 0 Å². The van der Waals surface area contributed by atoms with Crippen LogP contribution in [0.15, 0.2) is 24.3 Å². The van der Waals surface area contributed by atoms with Crippen molar-refractivity contribution >= 4 is 39.3 Å². The summed E-state index contributed by atoms with van der Waals surface area (Å²) < 4.78 is 12.0. The van der Waals surface area contributed by atoms with E-state index in [1.165, 1.54) is 0 Å². The van der Waals surface area contributed by atoms with E-state index in [0.717, 1.165) is 19.3 Å². The number of ether oxygens (including phenoxy) is 2. The van der Waals surface area contributed by atoms with E-state index < -0.39 is 29.6 Å². The van der Waals surface area contributed by atoms with Crippen LogP contribution in [-0.4, -0.2) is 76.1 Å². The lowest BCUT2D eigenvalue weighted by atomic mass is 9.70. The predicted molar refractivity (Wildman–Crippen MR) is 147 cm³/mol. The van der Waals surface area contributed by atoms with Crippen molar-refractivity contribution < 1.29 is 29.0 Å². The van der Waals surface area contributed by atoms with E-state index in [1.807, 2.05) is 13.8 Å². The van der Waals surface area contributed by atoms with Crippen molar-refractivity contribution in [2.24, 2.45) is 11.8 Å². The van der Waals surface area contributed by atoms with Crippen LogP contribution >= 0.6 is 15.9 Å². The first kappa shape index (κ1) is 28.8. The quantitative estimate of drug-likeness (QED) is 0.239. The number of alkyl halides is 1. The second-order valence-electron chi connectivity index (χ2n) is 10.6. The van der Waals surface area contributed by atoms with Crippen LogP contribution in [0.1, 0.15) is 59.3 Å². The number of fused-ring (bicyclic) bond motifs is 1.